The van der Waals surface area contributed by atoms with Crippen molar-refractivity contribution in [3.8, 4) is 0 Å². The fourth-order valence-electron chi connectivity index (χ4n) is 1.53. The molecule has 0 aromatic carbocycles. The number of rotatable bonds is 6. The molecule has 20 heavy (non-hydrogen) atoms. The zero-order valence-electron chi connectivity index (χ0n) is 11.4. The minimum atomic E-state index is -0.531. The van der Waals surface area contributed by atoms with Gasteiger partial charge < -0.3 is 9.26 Å². The molecular formula is C12H15N5O3. The first-order valence-electron chi connectivity index (χ1n) is 6.15. The molecule has 8 heteroatoms. The second-order valence-corrected chi connectivity index (χ2v) is 4.03. The van der Waals surface area contributed by atoms with Crippen molar-refractivity contribution in [1.82, 2.24) is 25.1 Å². The van der Waals surface area contributed by atoms with Gasteiger partial charge >= 0.3 is 5.97 Å². The largest absolute Gasteiger partial charge is 0.457 e. The van der Waals surface area contributed by atoms with Crippen LogP contribution in [0.3, 0.4) is 0 Å². The van der Waals surface area contributed by atoms with Crippen molar-refractivity contribution in [2.45, 2.75) is 26.8 Å². The first kappa shape index (κ1) is 13.9. The smallest absolute Gasteiger partial charge is 0.361 e. The molecule has 0 aliphatic rings. The Kier molecular flexibility index (Phi) is 4.24. The number of nitrogens with zero attached hydrogens (tertiary/aromatic N) is 5. The van der Waals surface area contributed by atoms with Crippen LogP contribution in [0.25, 0.3) is 0 Å². The van der Waals surface area contributed by atoms with E-state index in [-0.39, 0.29) is 18.8 Å². The monoisotopic (exact) mass is 277 g/mol. The van der Waals surface area contributed by atoms with Crippen molar-refractivity contribution in [3.63, 3.8) is 0 Å². The average molecular weight is 277 g/mol. The first-order chi connectivity index (χ1) is 9.65. The maximum absolute atomic E-state index is 11.7. The summed E-state index contributed by atoms with van der Waals surface area (Å²) < 4.78 is 11.5. The summed E-state index contributed by atoms with van der Waals surface area (Å²) in [5.41, 5.74) is 0.757. The van der Waals surface area contributed by atoms with Crippen molar-refractivity contribution in [3.05, 3.63) is 35.8 Å². The molecule has 0 fully saturated rings. The summed E-state index contributed by atoms with van der Waals surface area (Å²) in [5.74, 6) is 0.514. The molecule has 0 N–H and O–H groups in total. The fraction of sp³-hybridized carbons (Fsp3) is 0.417. The highest BCUT2D eigenvalue weighted by molar-refractivity contribution is 5.88. The van der Waals surface area contributed by atoms with E-state index < -0.39 is 5.97 Å². The van der Waals surface area contributed by atoms with E-state index in [0.717, 1.165) is 0 Å². The molecule has 2 aromatic heterocycles. The van der Waals surface area contributed by atoms with Crippen LogP contribution < -0.4 is 0 Å². The van der Waals surface area contributed by atoms with Crippen LogP contribution in [0.2, 0.25) is 0 Å². The van der Waals surface area contributed by atoms with Gasteiger partial charge in [0.05, 0.1) is 5.69 Å². The number of aryl methyl sites for hydroxylation is 1. The standard InChI is InChI=1S/C12H15N5O3/c1-4-6-19-12(18)11-8(3)17(16-14-11)7-9-13-10(5-2)20-15-9/h4H,1,5-7H2,2-3H3. The minimum absolute atomic E-state index is 0.135. The Balaban J connectivity index is 2.12. The molecular weight excluding hydrogens is 262 g/mol. The van der Waals surface area contributed by atoms with Gasteiger partial charge in [-0.2, -0.15) is 4.98 Å². The lowest BCUT2D eigenvalue weighted by Crippen LogP contribution is -2.09. The molecule has 0 saturated heterocycles. The molecule has 0 saturated carbocycles. The Morgan fingerprint density at radius 2 is 2.35 bits per heavy atom. The van der Waals surface area contributed by atoms with Crippen molar-refractivity contribution in [1.29, 1.82) is 0 Å². The van der Waals surface area contributed by atoms with Crippen molar-refractivity contribution >= 4 is 5.97 Å². The maximum atomic E-state index is 11.7. The van der Waals surface area contributed by atoms with E-state index in [1.165, 1.54) is 10.8 Å². The van der Waals surface area contributed by atoms with E-state index in [9.17, 15) is 4.79 Å². The number of aromatic nitrogens is 5. The van der Waals surface area contributed by atoms with Gasteiger partial charge in [-0.15, -0.1) is 5.10 Å². The van der Waals surface area contributed by atoms with E-state index >= 15 is 0 Å². The summed E-state index contributed by atoms with van der Waals surface area (Å²) in [5, 5.41) is 11.5. The van der Waals surface area contributed by atoms with Gasteiger partial charge in [-0.05, 0) is 6.92 Å². The molecule has 106 valence electrons. The molecule has 0 amide bonds. The minimum Gasteiger partial charge on any atom is -0.457 e. The molecule has 0 bridgehead atoms. The van der Waals surface area contributed by atoms with E-state index in [4.69, 9.17) is 9.26 Å². The van der Waals surface area contributed by atoms with Crippen LogP contribution in [0.15, 0.2) is 17.2 Å². The van der Waals surface area contributed by atoms with E-state index in [0.29, 0.717) is 23.8 Å². The molecule has 0 aliphatic heterocycles. The van der Waals surface area contributed by atoms with Gasteiger partial charge in [-0.1, -0.05) is 29.9 Å². The van der Waals surface area contributed by atoms with Crippen molar-refractivity contribution in [2.24, 2.45) is 0 Å². The van der Waals surface area contributed by atoms with Crippen LogP contribution in [0.4, 0.5) is 0 Å². The predicted octanol–water partition coefficient (Wildman–Crippen LogP) is 0.923. The summed E-state index contributed by atoms with van der Waals surface area (Å²) in [6, 6.07) is 0. The second kappa shape index (κ2) is 6.09. The van der Waals surface area contributed by atoms with E-state index in [2.05, 4.69) is 27.0 Å². The van der Waals surface area contributed by atoms with Crippen LogP contribution in [-0.2, 0) is 17.7 Å². The molecule has 2 rings (SSSR count). The Hall–Kier alpha value is -2.51. The third kappa shape index (κ3) is 2.90. The zero-order chi connectivity index (χ0) is 14.5. The van der Waals surface area contributed by atoms with Gasteiger partial charge in [0.25, 0.3) is 0 Å². The third-order valence-corrected chi connectivity index (χ3v) is 2.61. The Bertz CT molecular complexity index is 616. The average Bonchev–Trinajstić information content (AvgIpc) is 3.04. The highest BCUT2D eigenvalue weighted by Gasteiger charge is 2.18. The Labute approximate surface area is 115 Å². The molecule has 0 atom stereocenters. The van der Waals surface area contributed by atoms with Crippen LogP contribution in [0, 0.1) is 6.92 Å². The number of esters is 1. The van der Waals surface area contributed by atoms with Gasteiger partial charge in [-0.3, -0.25) is 0 Å². The zero-order valence-corrected chi connectivity index (χ0v) is 11.4. The lowest BCUT2D eigenvalue weighted by molar-refractivity contribution is 0.0542. The van der Waals surface area contributed by atoms with E-state index in [1.54, 1.807) is 6.92 Å². The Morgan fingerprint density at radius 3 is 3.00 bits per heavy atom. The highest BCUT2D eigenvalue weighted by atomic mass is 16.5. The van der Waals surface area contributed by atoms with Gasteiger partial charge in [-0.25, -0.2) is 9.48 Å². The SMILES string of the molecule is C=CCOC(=O)c1nnn(Cc2noc(CC)n2)c1C. The summed E-state index contributed by atoms with van der Waals surface area (Å²) in [6.07, 6.45) is 2.16. The molecule has 0 aliphatic carbocycles. The topological polar surface area (TPSA) is 95.9 Å². The number of carbonyl (C=O) groups excluding carboxylic acids is 1. The Morgan fingerprint density at radius 1 is 1.55 bits per heavy atom. The maximum Gasteiger partial charge on any atom is 0.361 e. The number of hydrogen-bond donors (Lipinski definition) is 0. The molecule has 0 unspecified atom stereocenters. The van der Waals surface area contributed by atoms with Crippen LogP contribution in [0.5, 0.6) is 0 Å². The number of hydrogen-bond acceptors (Lipinski definition) is 7. The molecule has 8 nitrogen and oxygen atoms in total. The van der Waals surface area contributed by atoms with E-state index in [1.807, 2.05) is 6.92 Å². The van der Waals surface area contributed by atoms with Crippen LogP contribution >= 0.6 is 0 Å². The second-order valence-electron chi connectivity index (χ2n) is 4.03. The van der Waals surface area contributed by atoms with Crippen LogP contribution in [0.1, 0.15) is 34.8 Å². The van der Waals surface area contributed by atoms with Gasteiger partial charge in [0.15, 0.2) is 11.5 Å². The van der Waals surface area contributed by atoms with Gasteiger partial charge in [0.2, 0.25) is 5.89 Å². The highest BCUT2D eigenvalue weighted by Crippen LogP contribution is 2.08. The fourth-order valence-corrected chi connectivity index (χ4v) is 1.53. The van der Waals surface area contributed by atoms with Gasteiger partial charge in [0.1, 0.15) is 13.2 Å². The van der Waals surface area contributed by atoms with Crippen molar-refractivity contribution in [2.75, 3.05) is 6.61 Å². The molecule has 0 radical (unpaired) electrons. The summed E-state index contributed by atoms with van der Waals surface area (Å²) in [6.45, 7) is 7.55. The van der Waals surface area contributed by atoms with Crippen molar-refractivity contribution < 1.29 is 14.1 Å². The predicted molar refractivity (Wildman–Crippen MR) is 68.0 cm³/mol. The first-order valence-corrected chi connectivity index (χ1v) is 6.15. The lowest BCUT2D eigenvalue weighted by Gasteiger charge is -2.00. The summed E-state index contributed by atoms with van der Waals surface area (Å²) >= 11 is 0. The normalized spacial score (nSPS) is 10.5. The quantitative estimate of drug-likeness (QED) is 0.572. The summed E-state index contributed by atoms with van der Waals surface area (Å²) in [7, 11) is 0. The summed E-state index contributed by atoms with van der Waals surface area (Å²) in [4.78, 5) is 15.9. The van der Waals surface area contributed by atoms with Gasteiger partial charge in [0, 0.05) is 6.42 Å². The molecule has 2 heterocycles. The molecule has 0 spiro atoms. The number of ether oxygens (including phenoxy) is 1. The van der Waals surface area contributed by atoms with Crippen LogP contribution in [-0.4, -0.2) is 37.7 Å². The third-order valence-electron chi connectivity index (χ3n) is 2.61. The number of carbonyl (C=O) groups is 1. The molecule has 2 aromatic rings. The lowest BCUT2D eigenvalue weighted by atomic mass is 10.3.